The highest BCUT2D eigenvalue weighted by Crippen LogP contribution is 2.34. The summed E-state index contributed by atoms with van der Waals surface area (Å²) >= 11 is 3.70. The van der Waals surface area contributed by atoms with Crippen LogP contribution >= 0.6 is 15.9 Å². The number of hydrogen-bond acceptors (Lipinski definition) is 3. The van der Waals surface area contributed by atoms with Gasteiger partial charge in [0.2, 0.25) is 0 Å². The monoisotopic (exact) mass is 338 g/mol. The molecule has 0 bridgehead atoms. The second kappa shape index (κ2) is 6.04. The van der Waals surface area contributed by atoms with Gasteiger partial charge in [0.05, 0.1) is 18.8 Å². The van der Waals surface area contributed by atoms with E-state index in [1.54, 1.807) is 0 Å². The van der Waals surface area contributed by atoms with Crippen LogP contribution in [0.4, 0.5) is 5.69 Å². The molecule has 1 heterocycles. The largest absolute Gasteiger partial charge is 0.374 e. The predicted octanol–water partition coefficient (Wildman–Crippen LogP) is 3.10. The number of ether oxygens (including phenoxy) is 1. The molecule has 1 aliphatic carbocycles. The molecule has 1 aromatic rings. The Kier molecular flexibility index (Phi) is 4.34. The van der Waals surface area contributed by atoms with Crippen molar-refractivity contribution in [2.24, 2.45) is 5.73 Å². The van der Waals surface area contributed by atoms with Gasteiger partial charge in [-0.25, -0.2) is 0 Å². The molecule has 1 aliphatic heterocycles. The molecule has 2 aliphatic rings. The smallest absolute Gasteiger partial charge is 0.0779 e. The van der Waals surface area contributed by atoms with Gasteiger partial charge in [0.1, 0.15) is 0 Å². The molecule has 2 N–H and O–H groups in total. The molecule has 2 fully saturated rings. The number of nitrogens with two attached hydrogens (primary N) is 1. The Balaban J connectivity index is 1.81. The van der Waals surface area contributed by atoms with Crippen molar-refractivity contribution in [1.29, 1.82) is 0 Å². The molecule has 1 saturated heterocycles. The molecule has 4 heteroatoms. The van der Waals surface area contributed by atoms with E-state index in [2.05, 4.69) is 39.0 Å². The Hall–Kier alpha value is -0.580. The van der Waals surface area contributed by atoms with Crippen LogP contribution in [0.5, 0.6) is 0 Å². The van der Waals surface area contributed by atoms with Crippen LogP contribution in [0.1, 0.15) is 31.7 Å². The quantitative estimate of drug-likeness (QED) is 0.920. The predicted molar refractivity (Wildman–Crippen MR) is 86.2 cm³/mol. The van der Waals surface area contributed by atoms with Crippen molar-refractivity contribution >= 4 is 21.6 Å². The molecular weight excluding hydrogens is 316 g/mol. The Morgan fingerprint density at radius 1 is 1.45 bits per heavy atom. The van der Waals surface area contributed by atoms with E-state index in [4.69, 9.17) is 10.5 Å². The lowest BCUT2D eigenvalue weighted by Crippen LogP contribution is -2.48. The van der Waals surface area contributed by atoms with Crippen LogP contribution in [-0.2, 0) is 11.2 Å². The third kappa shape index (κ3) is 2.87. The lowest BCUT2D eigenvalue weighted by Gasteiger charge is -2.39. The zero-order valence-corrected chi connectivity index (χ0v) is 13.6. The van der Waals surface area contributed by atoms with E-state index in [0.29, 0.717) is 12.1 Å². The van der Waals surface area contributed by atoms with Crippen LogP contribution in [0.2, 0.25) is 0 Å². The van der Waals surface area contributed by atoms with Gasteiger partial charge in [-0.05, 0) is 50.3 Å². The molecule has 1 aromatic carbocycles. The van der Waals surface area contributed by atoms with E-state index in [1.807, 2.05) is 6.92 Å². The summed E-state index contributed by atoms with van der Waals surface area (Å²) in [7, 11) is 0. The van der Waals surface area contributed by atoms with Gasteiger partial charge < -0.3 is 15.4 Å². The molecule has 0 aromatic heterocycles. The van der Waals surface area contributed by atoms with Gasteiger partial charge in [-0.2, -0.15) is 0 Å². The minimum Gasteiger partial charge on any atom is -0.374 e. The van der Waals surface area contributed by atoms with Crippen LogP contribution in [0.15, 0.2) is 22.7 Å². The Morgan fingerprint density at radius 3 is 3.05 bits per heavy atom. The number of nitrogens with zero attached hydrogens (tertiary/aromatic N) is 1. The highest BCUT2D eigenvalue weighted by atomic mass is 79.9. The van der Waals surface area contributed by atoms with Gasteiger partial charge in [-0.3, -0.25) is 0 Å². The van der Waals surface area contributed by atoms with Crippen LogP contribution in [0.25, 0.3) is 0 Å². The van der Waals surface area contributed by atoms with E-state index in [0.717, 1.165) is 19.6 Å². The van der Waals surface area contributed by atoms with E-state index in [-0.39, 0.29) is 6.04 Å². The fourth-order valence-corrected chi connectivity index (χ4v) is 4.00. The Labute approximate surface area is 129 Å². The highest BCUT2D eigenvalue weighted by Gasteiger charge is 2.36. The normalized spacial score (nSPS) is 27.4. The number of anilines is 1. The van der Waals surface area contributed by atoms with Gasteiger partial charge in [0, 0.05) is 22.7 Å². The van der Waals surface area contributed by atoms with Gasteiger partial charge in [0.15, 0.2) is 0 Å². The number of hydrogen-bond donors (Lipinski definition) is 1. The molecule has 3 nitrogen and oxygen atoms in total. The van der Waals surface area contributed by atoms with Crippen LogP contribution in [0.3, 0.4) is 0 Å². The van der Waals surface area contributed by atoms with Crippen molar-refractivity contribution in [3.8, 4) is 0 Å². The molecule has 0 spiro atoms. The van der Waals surface area contributed by atoms with Crippen LogP contribution in [0, 0.1) is 0 Å². The number of benzene rings is 1. The van der Waals surface area contributed by atoms with Crippen LogP contribution < -0.4 is 10.6 Å². The molecule has 0 radical (unpaired) electrons. The second-order valence-corrected chi connectivity index (χ2v) is 6.91. The lowest BCUT2D eigenvalue weighted by atomic mass is 10.1. The third-order valence-electron chi connectivity index (χ3n) is 4.39. The minimum absolute atomic E-state index is 0.194. The number of fused-ring (bicyclic) bond motifs is 1. The first-order valence-electron chi connectivity index (χ1n) is 7.57. The van der Waals surface area contributed by atoms with Crippen molar-refractivity contribution in [3.05, 3.63) is 28.2 Å². The van der Waals surface area contributed by atoms with Gasteiger partial charge in [-0.15, -0.1) is 0 Å². The van der Waals surface area contributed by atoms with Gasteiger partial charge in [0.25, 0.3) is 0 Å². The zero-order valence-electron chi connectivity index (χ0n) is 12.0. The Morgan fingerprint density at radius 2 is 2.30 bits per heavy atom. The number of halogens is 1. The van der Waals surface area contributed by atoms with E-state index in [9.17, 15) is 0 Å². The number of rotatable bonds is 3. The summed E-state index contributed by atoms with van der Waals surface area (Å²) in [4.78, 5) is 2.53. The molecule has 20 heavy (non-hydrogen) atoms. The summed E-state index contributed by atoms with van der Waals surface area (Å²) in [5.41, 5.74) is 8.50. The summed E-state index contributed by atoms with van der Waals surface area (Å²) in [6.07, 6.45) is 5.10. The minimum atomic E-state index is 0.194. The van der Waals surface area contributed by atoms with Crippen molar-refractivity contribution in [3.63, 3.8) is 0 Å². The fraction of sp³-hybridized carbons (Fsp3) is 0.625. The molecule has 1 saturated carbocycles. The zero-order chi connectivity index (χ0) is 14.1. The van der Waals surface area contributed by atoms with Crippen LogP contribution in [-0.4, -0.2) is 31.3 Å². The summed E-state index contributed by atoms with van der Waals surface area (Å²) in [6.45, 7) is 3.89. The van der Waals surface area contributed by atoms with Crippen molar-refractivity contribution in [2.75, 3.05) is 18.1 Å². The second-order valence-electron chi connectivity index (χ2n) is 6.06. The standard InChI is InChI=1S/C16H23BrN2O/c1-11(18)9-12-5-6-13(10-14(12)17)19-7-8-20-16-4-2-3-15(16)19/h5-6,10-11,15-16H,2-4,7-9,18H2,1H3. The summed E-state index contributed by atoms with van der Waals surface area (Å²) in [5.74, 6) is 0. The van der Waals surface area contributed by atoms with E-state index in [1.165, 1.54) is 35.0 Å². The van der Waals surface area contributed by atoms with Gasteiger partial charge in [-0.1, -0.05) is 22.0 Å². The maximum absolute atomic E-state index is 5.90. The van der Waals surface area contributed by atoms with Crippen molar-refractivity contribution in [2.45, 2.75) is 50.8 Å². The molecular formula is C16H23BrN2O. The maximum atomic E-state index is 5.90. The number of morpholine rings is 1. The first kappa shape index (κ1) is 14.4. The van der Waals surface area contributed by atoms with Gasteiger partial charge >= 0.3 is 0 Å². The SMILES string of the molecule is CC(N)Cc1ccc(N2CCOC3CCCC32)cc1Br. The topological polar surface area (TPSA) is 38.5 Å². The molecule has 110 valence electrons. The summed E-state index contributed by atoms with van der Waals surface area (Å²) in [5, 5.41) is 0. The molecule has 3 rings (SSSR count). The average Bonchev–Trinajstić information content (AvgIpc) is 2.88. The fourth-order valence-electron chi connectivity index (χ4n) is 3.47. The van der Waals surface area contributed by atoms with E-state index < -0.39 is 0 Å². The Bertz CT molecular complexity index is 478. The lowest BCUT2D eigenvalue weighted by molar-refractivity contribution is 0.0256. The molecule has 3 atom stereocenters. The maximum Gasteiger partial charge on any atom is 0.0779 e. The molecule has 3 unspecified atom stereocenters. The highest BCUT2D eigenvalue weighted by molar-refractivity contribution is 9.10. The summed E-state index contributed by atoms with van der Waals surface area (Å²) in [6, 6.07) is 7.46. The average molecular weight is 339 g/mol. The third-order valence-corrected chi connectivity index (χ3v) is 5.13. The first-order valence-corrected chi connectivity index (χ1v) is 8.36. The van der Waals surface area contributed by atoms with Crippen molar-refractivity contribution < 1.29 is 4.74 Å². The van der Waals surface area contributed by atoms with E-state index >= 15 is 0 Å². The molecule has 0 amide bonds. The first-order chi connectivity index (χ1) is 9.65. The summed E-state index contributed by atoms with van der Waals surface area (Å²) < 4.78 is 7.06. The van der Waals surface area contributed by atoms with Crippen molar-refractivity contribution in [1.82, 2.24) is 0 Å².